The average molecular weight is 301 g/mol. The van der Waals surface area contributed by atoms with Gasteiger partial charge in [0.15, 0.2) is 9.84 Å². The summed E-state index contributed by atoms with van der Waals surface area (Å²) in [6.07, 6.45) is 2.79. The highest BCUT2D eigenvalue weighted by Crippen LogP contribution is 2.23. The van der Waals surface area contributed by atoms with Gasteiger partial charge in [-0.2, -0.15) is 0 Å². The van der Waals surface area contributed by atoms with Gasteiger partial charge in [0.2, 0.25) is 0 Å². The van der Waals surface area contributed by atoms with Crippen LogP contribution in [0.3, 0.4) is 0 Å². The van der Waals surface area contributed by atoms with Crippen molar-refractivity contribution in [1.29, 1.82) is 0 Å². The number of sulfone groups is 1. The fraction of sp³-hybridized carbons (Fsp3) is 0.0833. The SMILES string of the molecule is Nc1cc(F)cc(S(=O)(=O)Cc2ccncc2Cl)c1. The molecule has 0 unspecified atom stereocenters. The first-order chi connectivity index (χ1) is 8.88. The molecule has 2 N–H and O–H groups in total. The highest BCUT2D eigenvalue weighted by molar-refractivity contribution is 7.90. The van der Waals surface area contributed by atoms with Crippen molar-refractivity contribution in [2.24, 2.45) is 0 Å². The molecule has 2 aromatic rings. The Labute approximate surface area is 115 Å². The first-order valence-corrected chi connectivity index (χ1v) is 7.29. The van der Waals surface area contributed by atoms with Crippen LogP contribution in [0.1, 0.15) is 5.56 Å². The summed E-state index contributed by atoms with van der Waals surface area (Å²) in [5.41, 5.74) is 5.90. The van der Waals surface area contributed by atoms with Crippen LogP contribution in [-0.4, -0.2) is 13.4 Å². The van der Waals surface area contributed by atoms with Crippen molar-refractivity contribution < 1.29 is 12.8 Å². The number of hydrogen-bond donors (Lipinski definition) is 1. The topological polar surface area (TPSA) is 73.1 Å². The van der Waals surface area contributed by atoms with Gasteiger partial charge in [-0.3, -0.25) is 4.98 Å². The first-order valence-electron chi connectivity index (χ1n) is 5.26. The Kier molecular flexibility index (Phi) is 3.73. The van der Waals surface area contributed by atoms with Gasteiger partial charge in [-0.25, -0.2) is 12.8 Å². The standard InChI is InChI=1S/C12H10ClFN2O2S/c13-12-6-16-2-1-8(12)7-19(17,18)11-4-9(14)3-10(15)5-11/h1-6H,7,15H2. The van der Waals surface area contributed by atoms with E-state index < -0.39 is 15.7 Å². The van der Waals surface area contributed by atoms with E-state index in [9.17, 15) is 12.8 Å². The van der Waals surface area contributed by atoms with Gasteiger partial charge in [0.25, 0.3) is 0 Å². The molecule has 2 rings (SSSR count). The molecule has 0 bridgehead atoms. The monoisotopic (exact) mass is 300 g/mol. The van der Waals surface area contributed by atoms with Gasteiger partial charge in [-0.15, -0.1) is 0 Å². The van der Waals surface area contributed by atoms with Crippen LogP contribution in [0.5, 0.6) is 0 Å². The van der Waals surface area contributed by atoms with Crippen molar-refractivity contribution in [2.75, 3.05) is 5.73 Å². The average Bonchev–Trinajstić information content (AvgIpc) is 2.31. The molecule has 0 saturated carbocycles. The lowest BCUT2D eigenvalue weighted by atomic mass is 10.3. The van der Waals surface area contributed by atoms with Gasteiger partial charge in [0, 0.05) is 18.1 Å². The van der Waals surface area contributed by atoms with Gasteiger partial charge in [-0.1, -0.05) is 11.6 Å². The third-order valence-electron chi connectivity index (χ3n) is 2.45. The summed E-state index contributed by atoms with van der Waals surface area (Å²) in [5, 5.41) is 0.246. The second-order valence-electron chi connectivity index (χ2n) is 3.95. The molecular formula is C12H10ClFN2O2S. The molecule has 0 spiro atoms. The number of pyridine rings is 1. The minimum atomic E-state index is -3.71. The number of rotatable bonds is 3. The molecule has 0 atom stereocenters. The first kappa shape index (κ1) is 13.8. The van der Waals surface area contributed by atoms with Crippen LogP contribution in [0.25, 0.3) is 0 Å². The Bertz CT molecular complexity index is 699. The summed E-state index contributed by atoms with van der Waals surface area (Å²) >= 11 is 5.85. The van der Waals surface area contributed by atoms with E-state index in [0.29, 0.717) is 5.56 Å². The molecule has 0 aliphatic rings. The van der Waals surface area contributed by atoms with Crippen molar-refractivity contribution in [3.8, 4) is 0 Å². The van der Waals surface area contributed by atoms with E-state index in [4.69, 9.17) is 17.3 Å². The van der Waals surface area contributed by atoms with E-state index in [2.05, 4.69) is 4.98 Å². The number of nitrogens with zero attached hydrogens (tertiary/aromatic N) is 1. The summed E-state index contributed by atoms with van der Waals surface area (Å²) in [6.45, 7) is 0. The van der Waals surface area contributed by atoms with Gasteiger partial charge < -0.3 is 5.73 Å². The molecule has 0 saturated heterocycles. The minimum absolute atomic E-state index is 0.0550. The van der Waals surface area contributed by atoms with Crippen LogP contribution in [0, 0.1) is 5.82 Å². The van der Waals surface area contributed by atoms with Crippen molar-refractivity contribution in [3.63, 3.8) is 0 Å². The Morgan fingerprint density at radius 1 is 1.32 bits per heavy atom. The Balaban J connectivity index is 2.41. The van der Waals surface area contributed by atoms with E-state index in [1.165, 1.54) is 24.5 Å². The number of anilines is 1. The van der Waals surface area contributed by atoms with E-state index in [1.54, 1.807) is 0 Å². The lowest BCUT2D eigenvalue weighted by molar-refractivity contribution is 0.590. The number of benzene rings is 1. The van der Waals surface area contributed by atoms with E-state index in [-0.39, 0.29) is 21.4 Å². The molecule has 7 heteroatoms. The Morgan fingerprint density at radius 3 is 2.68 bits per heavy atom. The molecule has 4 nitrogen and oxygen atoms in total. The zero-order valence-electron chi connectivity index (χ0n) is 9.68. The molecule has 0 fully saturated rings. The number of aromatic nitrogens is 1. The molecule has 1 aromatic heterocycles. The minimum Gasteiger partial charge on any atom is -0.399 e. The van der Waals surface area contributed by atoms with E-state index in [0.717, 1.165) is 12.1 Å². The molecule has 19 heavy (non-hydrogen) atoms. The summed E-state index contributed by atoms with van der Waals surface area (Å²) < 4.78 is 37.5. The van der Waals surface area contributed by atoms with Gasteiger partial charge in [0.1, 0.15) is 5.82 Å². The lowest BCUT2D eigenvalue weighted by Gasteiger charge is -2.07. The molecule has 0 aliphatic carbocycles. The maximum atomic E-state index is 13.2. The molecule has 0 amide bonds. The maximum Gasteiger partial charge on any atom is 0.182 e. The van der Waals surface area contributed by atoms with Crippen LogP contribution in [0.2, 0.25) is 5.02 Å². The van der Waals surface area contributed by atoms with Crippen molar-refractivity contribution in [1.82, 2.24) is 4.98 Å². The second kappa shape index (κ2) is 5.14. The van der Waals surface area contributed by atoms with E-state index in [1.807, 2.05) is 0 Å². The number of nitrogen functional groups attached to an aromatic ring is 1. The molecule has 1 aromatic carbocycles. The van der Waals surface area contributed by atoms with Crippen molar-refractivity contribution >= 4 is 27.1 Å². The third-order valence-corrected chi connectivity index (χ3v) is 4.44. The zero-order chi connectivity index (χ0) is 14.0. The predicted octanol–water partition coefficient (Wildman–Crippen LogP) is 2.43. The third kappa shape index (κ3) is 3.21. The molecule has 1 heterocycles. The molecule has 0 radical (unpaired) electrons. The van der Waals surface area contributed by atoms with Crippen molar-refractivity contribution in [2.45, 2.75) is 10.6 Å². The molecule has 0 aliphatic heterocycles. The quantitative estimate of drug-likeness (QED) is 0.884. The van der Waals surface area contributed by atoms with Gasteiger partial charge in [0.05, 0.1) is 15.7 Å². The van der Waals surface area contributed by atoms with Crippen molar-refractivity contribution in [3.05, 3.63) is 53.1 Å². The summed E-state index contributed by atoms with van der Waals surface area (Å²) in [6, 6.07) is 4.70. The smallest absolute Gasteiger partial charge is 0.182 e. The van der Waals surface area contributed by atoms with Crippen LogP contribution in [-0.2, 0) is 15.6 Å². The number of hydrogen-bond acceptors (Lipinski definition) is 4. The fourth-order valence-electron chi connectivity index (χ4n) is 1.57. The highest BCUT2D eigenvalue weighted by Gasteiger charge is 2.18. The van der Waals surface area contributed by atoms with Crippen LogP contribution in [0.15, 0.2) is 41.6 Å². The van der Waals surface area contributed by atoms with Crippen LogP contribution < -0.4 is 5.73 Å². The largest absolute Gasteiger partial charge is 0.399 e. The van der Waals surface area contributed by atoms with Gasteiger partial charge in [-0.05, 0) is 29.8 Å². The normalized spacial score (nSPS) is 11.5. The molecular weight excluding hydrogens is 291 g/mol. The number of nitrogens with two attached hydrogens (primary N) is 1. The number of halogens is 2. The zero-order valence-corrected chi connectivity index (χ0v) is 11.2. The summed E-state index contributed by atoms with van der Waals surface area (Å²) in [4.78, 5) is 3.60. The highest BCUT2D eigenvalue weighted by atomic mass is 35.5. The predicted molar refractivity (Wildman–Crippen MR) is 70.9 cm³/mol. The van der Waals surface area contributed by atoms with Crippen LogP contribution >= 0.6 is 11.6 Å². The summed E-state index contributed by atoms with van der Waals surface area (Å²) in [5.74, 6) is -1.03. The maximum absolute atomic E-state index is 13.2. The fourth-order valence-corrected chi connectivity index (χ4v) is 3.27. The Morgan fingerprint density at radius 2 is 2.05 bits per heavy atom. The summed E-state index contributed by atoms with van der Waals surface area (Å²) in [7, 11) is -3.71. The van der Waals surface area contributed by atoms with Gasteiger partial charge >= 0.3 is 0 Å². The van der Waals surface area contributed by atoms with E-state index >= 15 is 0 Å². The lowest BCUT2D eigenvalue weighted by Crippen LogP contribution is -2.07. The van der Waals surface area contributed by atoms with Crippen LogP contribution in [0.4, 0.5) is 10.1 Å². The molecule has 100 valence electrons. The second-order valence-corrected chi connectivity index (χ2v) is 6.34. The Hall–Kier alpha value is -1.66.